The molecule has 0 amide bonds. The number of fused-ring (bicyclic) bond motifs is 3. The maximum Gasteiger partial charge on any atom is 0.243 e. The van der Waals surface area contributed by atoms with E-state index in [1.165, 1.54) is 55.3 Å². The molecular formula is C32H38N2O3S. The van der Waals surface area contributed by atoms with Gasteiger partial charge in [-0.3, -0.25) is 0 Å². The van der Waals surface area contributed by atoms with E-state index in [0.29, 0.717) is 48.4 Å². The largest absolute Gasteiger partial charge is 0.379 e. The summed E-state index contributed by atoms with van der Waals surface area (Å²) in [5, 5.41) is 3.89. The first-order valence-electron chi connectivity index (χ1n) is 14.7. The lowest BCUT2D eigenvalue weighted by Crippen LogP contribution is -2.48. The normalized spacial score (nSPS) is 37.6. The number of anilines is 1. The molecular weight excluding hydrogens is 492 g/mol. The molecule has 0 spiro atoms. The van der Waals surface area contributed by atoms with Crippen LogP contribution in [-0.4, -0.2) is 39.0 Å². The van der Waals surface area contributed by atoms with Crippen molar-refractivity contribution in [2.24, 2.45) is 23.7 Å². The zero-order chi connectivity index (χ0) is 25.5. The van der Waals surface area contributed by atoms with Gasteiger partial charge in [0.1, 0.15) is 0 Å². The number of morpholine rings is 1. The summed E-state index contributed by atoms with van der Waals surface area (Å²) < 4.78 is 33.1. The number of sulfonamides is 1. The molecule has 0 radical (unpaired) electrons. The van der Waals surface area contributed by atoms with Gasteiger partial charge in [-0.2, -0.15) is 4.31 Å². The summed E-state index contributed by atoms with van der Waals surface area (Å²) in [7, 11) is -3.48. The number of nitrogens with one attached hydrogen (secondary N) is 1. The molecule has 6 heteroatoms. The zero-order valence-electron chi connectivity index (χ0n) is 22.0. The lowest BCUT2D eigenvalue weighted by atomic mass is 9.48. The SMILES string of the molecule is O=S(=O)(c1ccc([C@@H]2Nc3ccc(C45CC6CC(CC(C6)C4)C5)cc3[C@H]3C=CC[C@H]32)cc1)N1CCOCC1. The number of nitrogens with zero attached hydrogens (tertiary/aromatic N) is 1. The van der Waals surface area contributed by atoms with Gasteiger partial charge in [-0.1, -0.05) is 36.4 Å². The predicted molar refractivity (Wildman–Crippen MR) is 149 cm³/mol. The number of allylic oxidation sites excluding steroid dienone is 2. The van der Waals surface area contributed by atoms with Crippen LogP contribution >= 0.6 is 0 Å². The fourth-order valence-electron chi connectivity index (χ4n) is 9.50. The highest BCUT2D eigenvalue weighted by atomic mass is 32.2. The molecule has 5 fully saturated rings. The van der Waals surface area contributed by atoms with Crippen LogP contribution in [0.4, 0.5) is 5.69 Å². The van der Waals surface area contributed by atoms with Crippen LogP contribution in [0.2, 0.25) is 0 Å². The van der Waals surface area contributed by atoms with Crippen LogP contribution in [-0.2, 0) is 20.2 Å². The Morgan fingerprint density at radius 3 is 2.26 bits per heavy atom. The van der Waals surface area contributed by atoms with Crippen LogP contribution in [0.25, 0.3) is 0 Å². The highest BCUT2D eigenvalue weighted by Gasteiger charge is 2.52. The van der Waals surface area contributed by atoms with Crippen LogP contribution in [0, 0.1) is 23.7 Å². The van der Waals surface area contributed by atoms with Crippen molar-refractivity contribution in [3.63, 3.8) is 0 Å². The van der Waals surface area contributed by atoms with Crippen LogP contribution < -0.4 is 5.32 Å². The number of hydrogen-bond acceptors (Lipinski definition) is 4. The van der Waals surface area contributed by atoms with E-state index in [1.54, 1.807) is 22.0 Å². The molecule has 38 heavy (non-hydrogen) atoms. The van der Waals surface area contributed by atoms with Crippen molar-refractivity contribution < 1.29 is 13.2 Å². The molecule has 1 N–H and O–H groups in total. The molecule has 9 rings (SSSR count). The fourth-order valence-corrected chi connectivity index (χ4v) is 10.9. The third-order valence-electron chi connectivity index (χ3n) is 10.9. The molecule has 2 aliphatic heterocycles. The quantitative estimate of drug-likeness (QED) is 0.493. The van der Waals surface area contributed by atoms with Gasteiger partial charge in [0.2, 0.25) is 10.0 Å². The van der Waals surface area contributed by atoms with Crippen molar-refractivity contribution in [1.29, 1.82) is 0 Å². The molecule has 7 aliphatic rings. The van der Waals surface area contributed by atoms with E-state index in [0.717, 1.165) is 24.2 Å². The summed E-state index contributed by atoms with van der Waals surface area (Å²) >= 11 is 0. The fraction of sp³-hybridized carbons (Fsp3) is 0.562. The van der Waals surface area contributed by atoms with Gasteiger partial charge in [0, 0.05) is 24.7 Å². The number of benzene rings is 2. The maximum atomic E-state index is 13.1. The Kier molecular flexibility index (Phi) is 5.41. The highest BCUT2D eigenvalue weighted by Crippen LogP contribution is 2.61. The second-order valence-electron chi connectivity index (χ2n) is 13.1. The number of rotatable bonds is 4. The van der Waals surface area contributed by atoms with Crippen molar-refractivity contribution in [1.82, 2.24) is 4.31 Å². The summed E-state index contributed by atoms with van der Waals surface area (Å²) in [6.45, 7) is 1.77. The second kappa shape index (κ2) is 8.67. The molecule has 5 nitrogen and oxygen atoms in total. The minimum Gasteiger partial charge on any atom is -0.379 e. The van der Waals surface area contributed by atoms with Crippen LogP contribution in [0.1, 0.15) is 73.6 Å². The molecule has 2 aromatic carbocycles. The lowest BCUT2D eigenvalue weighted by Gasteiger charge is -2.57. The van der Waals surface area contributed by atoms with E-state index in [4.69, 9.17) is 4.74 Å². The molecule has 2 aromatic rings. The van der Waals surface area contributed by atoms with Gasteiger partial charge in [0.25, 0.3) is 0 Å². The van der Waals surface area contributed by atoms with Gasteiger partial charge >= 0.3 is 0 Å². The number of hydrogen-bond donors (Lipinski definition) is 1. The third-order valence-corrected chi connectivity index (χ3v) is 12.8. The van der Waals surface area contributed by atoms with E-state index in [9.17, 15) is 8.42 Å². The summed E-state index contributed by atoms with van der Waals surface area (Å²) in [4.78, 5) is 0.376. The topological polar surface area (TPSA) is 58.6 Å². The molecule has 4 bridgehead atoms. The average molecular weight is 531 g/mol. The first-order chi connectivity index (χ1) is 18.5. The van der Waals surface area contributed by atoms with Gasteiger partial charge in [0.15, 0.2) is 0 Å². The Morgan fingerprint density at radius 2 is 1.58 bits per heavy atom. The standard InChI is InChI=1S/C32H38N2O3S/c35-38(36,34-10-12-37-13-11-34)26-7-4-24(5-8-26)31-28-3-1-2-27(28)29-17-25(6-9-30(29)33-31)32-18-21-14-22(19-32)16-23(15-21)20-32/h1-2,4-9,17,21-23,27-28,31,33H,3,10-16,18-20H2/t21?,22?,23?,27-,28+,31-,32?/m0/s1. The second-order valence-corrected chi connectivity index (χ2v) is 15.0. The van der Waals surface area contributed by atoms with Crippen LogP contribution in [0.5, 0.6) is 0 Å². The zero-order valence-corrected chi connectivity index (χ0v) is 22.8. The molecule has 2 heterocycles. The minimum absolute atomic E-state index is 0.174. The summed E-state index contributed by atoms with van der Waals surface area (Å²) in [5.41, 5.74) is 5.91. The third kappa shape index (κ3) is 3.66. The van der Waals surface area contributed by atoms with Crippen molar-refractivity contribution >= 4 is 15.7 Å². The molecule has 5 aliphatic carbocycles. The van der Waals surface area contributed by atoms with Gasteiger partial charge < -0.3 is 10.1 Å². The minimum atomic E-state index is -3.48. The first kappa shape index (κ1) is 23.7. The van der Waals surface area contributed by atoms with Crippen LogP contribution in [0.3, 0.4) is 0 Å². The molecule has 200 valence electrons. The Labute approximate surface area is 226 Å². The molecule has 0 aromatic heterocycles. The van der Waals surface area contributed by atoms with Gasteiger partial charge in [0.05, 0.1) is 24.2 Å². The lowest BCUT2D eigenvalue weighted by molar-refractivity contribution is -0.00523. The molecule has 3 atom stereocenters. The van der Waals surface area contributed by atoms with E-state index < -0.39 is 10.0 Å². The predicted octanol–water partition coefficient (Wildman–Crippen LogP) is 6.00. The summed E-state index contributed by atoms with van der Waals surface area (Å²) in [6.07, 6.45) is 14.5. The monoisotopic (exact) mass is 530 g/mol. The van der Waals surface area contributed by atoms with Gasteiger partial charge in [-0.05, 0) is 109 Å². The average Bonchev–Trinajstić information content (AvgIpc) is 3.43. The van der Waals surface area contributed by atoms with Crippen molar-refractivity contribution in [2.75, 3.05) is 31.6 Å². The van der Waals surface area contributed by atoms with Crippen molar-refractivity contribution in [2.45, 2.75) is 67.2 Å². The molecule has 1 saturated heterocycles. The smallest absolute Gasteiger partial charge is 0.243 e. The van der Waals surface area contributed by atoms with Crippen LogP contribution in [0.15, 0.2) is 59.5 Å². The Morgan fingerprint density at radius 1 is 0.895 bits per heavy atom. The summed E-state index contributed by atoms with van der Waals surface area (Å²) in [5.74, 6) is 3.73. The Hall–Kier alpha value is -2.15. The Balaban J connectivity index is 1.08. The van der Waals surface area contributed by atoms with E-state index >= 15 is 0 Å². The first-order valence-corrected chi connectivity index (χ1v) is 16.2. The number of ether oxygens (including phenoxy) is 1. The van der Waals surface area contributed by atoms with Crippen molar-refractivity contribution in [3.05, 3.63) is 71.3 Å². The van der Waals surface area contributed by atoms with E-state index in [2.05, 4.69) is 35.7 Å². The van der Waals surface area contributed by atoms with Crippen molar-refractivity contribution in [3.8, 4) is 0 Å². The molecule has 4 saturated carbocycles. The molecule has 0 unspecified atom stereocenters. The van der Waals surface area contributed by atoms with E-state index in [1.807, 2.05) is 12.1 Å². The van der Waals surface area contributed by atoms with E-state index in [-0.39, 0.29) is 6.04 Å². The van der Waals surface area contributed by atoms with Gasteiger partial charge in [-0.25, -0.2) is 8.42 Å². The Bertz CT molecular complexity index is 1340. The summed E-state index contributed by atoms with van der Waals surface area (Å²) in [6, 6.07) is 15.2. The van der Waals surface area contributed by atoms with Gasteiger partial charge in [-0.15, -0.1) is 0 Å². The highest BCUT2D eigenvalue weighted by molar-refractivity contribution is 7.89. The maximum absolute atomic E-state index is 13.1.